The molecule has 0 spiro atoms. The first-order valence-electron chi connectivity index (χ1n) is 9.28. The van der Waals surface area contributed by atoms with E-state index < -0.39 is 27.9 Å². The molecule has 0 aliphatic rings. The van der Waals surface area contributed by atoms with Crippen LogP contribution in [0.5, 0.6) is 5.75 Å². The van der Waals surface area contributed by atoms with E-state index in [0.29, 0.717) is 6.42 Å². The predicted molar refractivity (Wildman–Crippen MR) is 112 cm³/mol. The predicted octanol–water partition coefficient (Wildman–Crippen LogP) is 1.85. The highest BCUT2D eigenvalue weighted by molar-refractivity contribution is 7.89. The molecule has 8 nitrogen and oxygen atoms in total. The first-order valence-corrected chi connectivity index (χ1v) is 10.7. The fraction of sp³-hybridized carbons (Fsp3) is 0.333. The van der Waals surface area contributed by atoms with Gasteiger partial charge in [-0.15, -0.1) is 0 Å². The zero-order valence-corrected chi connectivity index (χ0v) is 18.2. The minimum atomic E-state index is -3.57. The maximum absolute atomic E-state index is 12.3. The molecule has 0 saturated carbocycles. The number of benzene rings is 2. The van der Waals surface area contributed by atoms with Gasteiger partial charge < -0.3 is 14.8 Å². The van der Waals surface area contributed by atoms with E-state index in [-0.39, 0.29) is 17.1 Å². The quantitative estimate of drug-likeness (QED) is 0.605. The molecule has 9 heteroatoms. The lowest BCUT2D eigenvalue weighted by Gasteiger charge is -2.14. The van der Waals surface area contributed by atoms with Crippen LogP contribution in [0.2, 0.25) is 0 Å². The number of nitrogens with one attached hydrogen (secondary N) is 1. The largest absolute Gasteiger partial charge is 0.497 e. The van der Waals surface area contributed by atoms with Crippen LogP contribution in [0.1, 0.15) is 22.8 Å². The minimum Gasteiger partial charge on any atom is -0.497 e. The Morgan fingerprint density at radius 3 is 2.17 bits per heavy atom. The Bertz CT molecular complexity index is 970. The number of esters is 1. The van der Waals surface area contributed by atoms with Crippen molar-refractivity contribution in [3.8, 4) is 5.75 Å². The number of carbonyl (C=O) groups excluding carboxylic acids is 2. The summed E-state index contributed by atoms with van der Waals surface area (Å²) in [6.07, 6.45) is 0.540. The Morgan fingerprint density at radius 1 is 1.03 bits per heavy atom. The molecular formula is C21H26N2O6S. The fourth-order valence-electron chi connectivity index (χ4n) is 2.51. The van der Waals surface area contributed by atoms with Crippen molar-refractivity contribution in [1.29, 1.82) is 0 Å². The Hall–Kier alpha value is -2.91. The number of hydrogen-bond donors (Lipinski definition) is 1. The van der Waals surface area contributed by atoms with Gasteiger partial charge >= 0.3 is 5.97 Å². The molecule has 0 aliphatic carbocycles. The average molecular weight is 435 g/mol. The summed E-state index contributed by atoms with van der Waals surface area (Å²) in [7, 11) is 0.874. The lowest BCUT2D eigenvalue weighted by atomic mass is 10.1. The Balaban J connectivity index is 1.86. The molecule has 1 atom stereocenters. The second-order valence-electron chi connectivity index (χ2n) is 6.77. The third kappa shape index (κ3) is 6.04. The van der Waals surface area contributed by atoms with Crippen molar-refractivity contribution in [3.63, 3.8) is 0 Å². The molecular weight excluding hydrogens is 408 g/mol. The van der Waals surface area contributed by atoms with Crippen molar-refractivity contribution >= 4 is 21.9 Å². The summed E-state index contributed by atoms with van der Waals surface area (Å²) in [5.41, 5.74) is 1.23. The molecule has 0 heterocycles. The zero-order valence-electron chi connectivity index (χ0n) is 17.4. The lowest BCUT2D eigenvalue weighted by Crippen LogP contribution is -2.39. The van der Waals surface area contributed by atoms with Crippen LogP contribution < -0.4 is 10.1 Å². The van der Waals surface area contributed by atoms with Crippen molar-refractivity contribution in [3.05, 3.63) is 59.7 Å². The third-order valence-corrected chi connectivity index (χ3v) is 6.22. The maximum Gasteiger partial charge on any atom is 0.328 e. The van der Waals surface area contributed by atoms with Crippen molar-refractivity contribution in [2.45, 2.75) is 24.3 Å². The molecule has 1 N–H and O–H groups in total. The second-order valence-corrected chi connectivity index (χ2v) is 8.92. The van der Waals surface area contributed by atoms with Gasteiger partial charge in [0, 0.05) is 26.1 Å². The van der Waals surface area contributed by atoms with Crippen molar-refractivity contribution < 1.29 is 27.5 Å². The number of amides is 1. The summed E-state index contributed by atoms with van der Waals surface area (Å²) in [6, 6.07) is 12.1. The molecule has 0 aliphatic heterocycles. The summed E-state index contributed by atoms with van der Waals surface area (Å²) in [5.74, 6) is -0.300. The summed E-state index contributed by atoms with van der Waals surface area (Å²) in [4.78, 5) is 24.5. The van der Waals surface area contributed by atoms with Crippen LogP contribution in [-0.2, 0) is 26.0 Å². The Kier molecular flexibility index (Phi) is 7.96. The molecule has 0 radical (unpaired) electrons. The van der Waals surface area contributed by atoms with Crippen molar-refractivity contribution in [2.24, 2.45) is 0 Å². The number of rotatable bonds is 9. The maximum atomic E-state index is 12.3. The summed E-state index contributed by atoms with van der Waals surface area (Å²) in [5, 5.41) is 2.55. The highest BCUT2D eigenvalue weighted by Crippen LogP contribution is 2.14. The lowest BCUT2D eigenvalue weighted by molar-refractivity contribution is -0.145. The van der Waals surface area contributed by atoms with Gasteiger partial charge in [0.25, 0.3) is 5.91 Å². The van der Waals surface area contributed by atoms with E-state index in [9.17, 15) is 18.0 Å². The van der Waals surface area contributed by atoms with Crippen LogP contribution >= 0.6 is 0 Å². The highest BCUT2D eigenvalue weighted by atomic mass is 32.2. The standard InChI is InChI=1S/C21H26N2O6S/c1-15(21(25)29-14-13-16-5-9-18(28-4)10-6-16)22-20(24)17-7-11-19(12-8-17)30(26,27)23(2)3/h5-12,15H,13-14H2,1-4H3,(H,22,24). The number of nitrogens with zero attached hydrogens (tertiary/aromatic N) is 1. The zero-order chi connectivity index (χ0) is 22.3. The first kappa shape index (κ1) is 23.4. The van der Waals surface area contributed by atoms with E-state index in [1.807, 2.05) is 24.3 Å². The van der Waals surface area contributed by atoms with Crippen LogP contribution in [0.3, 0.4) is 0 Å². The Morgan fingerprint density at radius 2 is 1.63 bits per heavy atom. The van der Waals surface area contributed by atoms with Gasteiger partial charge in [0.15, 0.2) is 0 Å². The summed E-state index contributed by atoms with van der Waals surface area (Å²) in [6.45, 7) is 1.71. The third-order valence-electron chi connectivity index (χ3n) is 4.39. The molecule has 0 bridgehead atoms. The topological polar surface area (TPSA) is 102 Å². The summed E-state index contributed by atoms with van der Waals surface area (Å²) < 4.78 is 35.5. The van der Waals surface area contributed by atoms with Crippen molar-refractivity contribution in [2.75, 3.05) is 27.8 Å². The monoisotopic (exact) mass is 434 g/mol. The van der Waals surface area contributed by atoms with Crippen LogP contribution in [0.25, 0.3) is 0 Å². The number of sulfonamides is 1. The van der Waals surface area contributed by atoms with Gasteiger partial charge in [-0.3, -0.25) is 4.79 Å². The molecule has 0 fully saturated rings. The number of carbonyl (C=O) groups is 2. The van der Waals surface area contributed by atoms with Gasteiger partial charge in [0.2, 0.25) is 10.0 Å². The van der Waals surface area contributed by atoms with E-state index in [0.717, 1.165) is 15.6 Å². The minimum absolute atomic E-state index is 0.0787. The normalized spacial score (nSPS) is 12.3. The SMILES string of the molecule is COc1ccc(CCOC(=O)C(C)NC(=O)c2ccc(S(=O)(=O)N(C)C)cc2)cc1. The number of ether oxygens (including phenoxy) is 2. The van der Waals surface area contributed by atoms with Crippen LogP contribution in [0, 0.1) is 0 Å². The first-order chi connectivity index (χ1) is 14.1. The molecule has 30 heavy (non-hydrogen) atoms. The summed E-state index contributed by atoms with van der Waals surface area (Å²) >= 11 is 0. The van der Waals surface area contributed by atoms with E-state index >= 15 is 0 Å². The van der Waals surface area contributed by atoms with Crippen LogP contribution in [0.4, 0.5) is 0 Å². The molecule has 1 amide bonds. The second kappa shape index (κ2) is 10.2. The van der Waals surface area contributed by atoms with E-state index in [4.69, 9.17) is 9.47 Å². The van der Waals surface area contributed by atoms with Gasteiger partial charge in [-0.05, 0) is 48.9 Å². The van der Waals surface area contributed by atoms with Gasteiger partial charge in [-0.25, -0.2) is 17.5 Å². The molecule has 2 aromatic carbocycles. The van der Waals surface area contributed by atoms with E-state index in [1.54, 1.807) is 7.11 Å². The molecule has 0 saturated heterocycles. The Labute approximate surface area is 176 Å². The molecule has 162 valence electrons. The van der Waals surface area contributed by atoms with E-state index in [2.05, 4.69) is 5.32 Å². The van der Waals surface area contributed by atoms with Crippen molar-refractivity contribution in [1.82, 2.24) is 9.62 Å². The molecule has 2 aromatic rings. The van der Waals surface area contributed by atoms with Gasteiger partial charge in [0.1, 0.15) is 11.8 Å². The van der Waals surface area contributed by atoms with Gasteiger partial charge in [-0.1, -0.05) is 12.1 Å². The number of methoxy groups -OCH3 is 1. The number of hydrogen-bond acceptors (Lipinski definition) is 6. The van der Waals surface area contributed by atoms with Crippen LogP contribution in [0.15, 0.2) is 53.4 Å². The molecule has 1 unspecified atom stereocenters. The van der Waals surface area contributed by atoms with Crippen LogP contribution in [-0.4, -0.2) is 58.5 Å². The van der Waals surface area contributed by atoms with Gasteiger partial charge in [-0.2, -0.15) is 0 Å². The molecule has 0 aromatic heterocycles. The highest BCUT2D eigenvalue weighted by Gasteiger charge is 2.20. The van der Waals surface area contributed by atoms with E-state index in [1.165, 1.54) is 45.3 Å². The fourth-order valence-corrected chi connectivity index (χ4v) is 3.42. The smallest absolute Gasteiger partial charge is 0.328 e. The molecule has 2 rings (SSSR count). The van der Waals surface area contributed by atoms with Gasteiger partial charge in [0.05, 0.1) is 18.6 Å². The average Bonchev–Trinajstić information content (AvgIpc) is 2.74.